The second kappa shape index (κ2) is 5.50. The number of hydrogen-bond donors (Lipinski definition) is 0. The van der Waals surface area contributed by atoms with Crippen molar-refractivity contribution in [1.29, 1.82) is 0 Å². The van der Waals surface area contributed by atoms with Crippen molar-refractivity contribution in [1.82, 2.24) is 9.66 Å². The van der Waals surface area contributed by atoms with Gasteiger partial charge in [0, 0.05) is 16.3 Å². The molecule has 3 aromatic rings. The molecule has 1 aliphatic heterocycles. The molecule has 0 amide bonds. The predicted octanol–water partition coefficient (Wildman–Crippen LogP) is 3.46. The summed E-state index contributed by atoms with van der Waals surface area (Å²) in [4.78, 5) is 18.3. The first kappa shape index (κ1) is 14.5. The van der Waals surface area contributed by atoms with E-state index in [0.29, 0.717) is 9.86 Å². The summed E-state index contributed by atoms with van der Waals surface area (Å²) in [5, 5.41) is 4.99. The highest BCUT2D eigenvalue weighted by molar-refractivity contribution is 7.99. The predicted molar refractivity (Wildman–Crippen MR) is 95.1 cm³/mol. The first-order valence-corrected chi connectivity index (χ1v) is 8.84. The van der Waals surface area contributed by atoms with Crippen LogP contribution in [0.5, 0.6) is 5.75 Å². The van der Waals surface area contributed by atoms with Crippen LogP contribution in [0, 0.1) is 0 Å². The topological polar surface area (TPSA) is 56.5 Å². The lowest BCUT2D eigenvalue weighted by atomic mass is 10.2. The molecule has 116 valence electrons. The Kier molecular flexibility index (Phi) is 3.46. The van der Waals surface area contributed by atoms with Crippen LogP contribution in [-0.4, -0.2) is 28.2 Å². The molecule has 0 saturated carbocycles. The monoisotopic (exact) mass is 343 g/mol. The molecule has 1 aromatic carbocycles. The van der Waals surface area contributed by atoms with Crippen molar-refractivity contribution >= 4 is 39.0 Å². The fourth-order valence-electron chi connectivity index (χ4n) is 2.40. The second-order valence-electron chi connectivity index (χ2n) is 5.19. The summed E-state index contributed by atoms with van der Waals surface area (Å²) in [5.41, 5.74) is 2.61. The van der Waals surface area contributed by atoms with Crippen LogP contribution >= 0.6 is 23.1 Å². The summed E-state index contributed by atoms with van der Waals surface area (Å²) < 4.78 is 7.24. The van der Waals surface area contributed by atoms with Crippen molar-refractivity contribution in [3.63, 3.8) is 0 Å². The van der Waals surface area contributed by atoms with E-state index in [-0.39, 0.29) is 5.56 Å². The quantitative estimate of drug-likeness (QED) is 0.669. The Hall–Kier alpha value is -2.12. The molecule has 4 rings (SSSR count). The highest BCUT2D eigenvalue weighted by atomic mass is 32.2. The molecule has 0 aliphatic carbocycles. The third kappa shape index (κ3) is 2.46. The summed E-state index contributed by atoms with van der Waals surface area (Å²) in [6, 6.07) is 9.76. The van der Waals surface area contributed by atoms with Gasteiger partial charge in [-0.2, -0.15) is 9.78 Å². The maximum absolute atomic E-state index is 12.7. The Morgan fingerprint density at radius 2 is 2.04 bits per heavy atom. The summed E-state index contributed by atoms with van der Waals surface area (Å²) in [6.07, 6.45) is 0. The normalized spacial score (nSPS) is 13.7. The molecule has 7 heteroatoms. The minimum Gasteiger partial charge on any atom is -0.497 e. The van der Waals surface area contributed by atoms with Gasteiger partial charge < -0.3 is 4.74 Å². The van der Waals surface area contributed by atoms with Crippen LogP contribution in [0.3, 0.4) is 0 Å². The number of nitrogens with zero attached hydrogens (tertiary/aromatic N) is 3. The Bertz CT molecular complexity index is 987. The van der Waals surface area contributed by atoms with Gasteiger partial charge in [0.25, 0.3) is 5.56 Å². The Morgan fingerprint density at radius 3 is 2.78 bits per heavy atom. The molecule has 0 saturated heterocycles. The van der Waals surface area contributed by atoms with Crippen LogP contribution < -0.4 is 10.3 Å². The first-order valence-electron chi connectivity index (χ1n) is 7.04. The third-order valence-corrected chi connectivity index (χ3v) is 5.80. The van der Waals surface area contributed by atoms with E-state index in [1.807, 2.05) is 37.3 Å². The lowest BCUT2D eigenvalue weighted by Crippen LogP contribution is -2.23. The molecule has 23 heavy (non-hydrogen) atoms. The van der Waals surface area contributed by atoms with Crippen LogP contribution in [0.25, 0.3) is 20.7 Å². The van der Waals surface area contributed by atoms with Gasteiger partial charge in [-0.1, -0.05) is 11.8 Å². The maximum Gasteiger partial charge on any atom is 0.292 e. The van der Waals surface area contributed by atoms with Crippen LogP contribution in [0.1, 0.15) is 6.92 Å². The fraction of sp³-hybridized carbons (Fsp3) is 0.188. The number of fused-ring (bicyclic) bond motifs is 2. The molecule has 0 radical (unpaired) electrons. The number of rotatable bonds is 2. The molecule has 3 heterocycles. The van der Waals surface area contributed by atoms with Gasteiger partial charge in [-0.05, 0) is 42.8 Å². The Labute approximate surface area is 140 Å². The zero-order chi connectivity index (χ0) is 16.0. The van der Waals surface area contributed by atoms with Crippen LogP contribution in [0.2, 0.25) is 0 Å². The molecule has 0 fully saturated rings. The molecule has 2 aromatic heterocycles. The largest absolute Gasteiger partial charge is 0.497 e. The smallest absolute Gasteiger partial charge is 0.292 e. The minimum atomic E-state index is -0.0960. The number of thioether (sulfide) groups is 1. The Balaban J connectivity index is 1.88. The van der Waals surface area contributed by atoms with Crippen molar-refractivity contribution in [2.24, 2.45) is 5.10 Å². The minimum absolute atomic E-state index is 0.0960. The highest BCUT2D eigenvalue weighted by Crippen LogP contribution is 2.33. The molecule has 5 nitrogen and oxygen atoms in total. The second-order valence-corrected chi connectivity index (χ2v) is 7.18. The number of benzene rings is 1. The summed E-state index contributed by atoms with van der Waals surface area (Å²) in [6.45, 7) is 1.92. The summed E-state index contributed by atoms with van der Waals surface area (Å²) in [5.74, 6) is 1.58. The van der Waals surface area contributed by atoms with Gasteiger partial charge in [-0.15, -0.1) is 11.3 Å². The lowest BCUT2D eigenvalue weighted by Gasteiger charge is -2.12. The van der Waals surface area contributed by atoms with Gasteiger partial charge >= 0.3 is 0 Å². The van der Waals surface area contributed by atoms with E-state index < -0.39 is 0 Å². The molecule has 0 N–H and O–H groups in total. The number of hydrogen-bond acceptors (Lipinski definition) is 6. The van der Waals surface area contributed by atoms with E-state index in [9.17, 15) is 4.79 Å². The van der Waals surface area contributed by atoms with Crippen molar-refractivity contribution in [2.75, 3.05) is 12.9 Å². The van der Waals surface area contributed by atoms with Gasteiger partial charge in [-0.25, -0.2) is 4.98 Å². The van der Waals surface area contributed by atoms with Crippen molar-refractivity contribution in [2.45, 2.75) is 12.1 Å². The standard InChI is InChI=1S/C16H13N3O2S2/c1-9-8-22-16-17-12-7-13(10-3-5-11(21-2)6-4-10)23-14(12)15(20)19(16)18-9/h3-7H,8H2,1-2H3. The van der Waals surface area contributed by atoms with Gasteiger partial charge in [0.05, 0.1) is 12.6 Å². The zero-order valence-electron chi connectivity index (χ0n) is 12.6. The van der Waals surface area contributed by atoms with Gasteiger partial charge in [0.15, 0.2) is 5.16 Å². The molecule has 0 atom stereocenters. The van der Waals surface area contributed by atoms with E-state index in [0.717, 1.165) is 33.2 Å². The zero-order valence-corrected chi connectivity index (χ0v) is 14.2. The van der Waals surface area contributed by atoms with Crippen molar-refractivity contribution < 1.29 is 4.74 Å². The van der Waals surface area contributed by atoms with Gasteiger partial charge in [0.2, 0.25) is 0 Å². The van der Waals surface area contributed by atoms with Crippen LogP contribution in [0.15, 0.2) is 45.4 Å². The average Bonchev–Trinajstić information content (AvgIpc) is 3.00. The summed E-state index contributed by atoms with van der Waals surface area (Å²) >= 11 is 2.99. The van der Waals surface area contributed by atoms with E-state index in [2.05, 4.69) is 10.1 Å². The maximum atomic E-state index is 12.7. The molecule has 0 unspecified atom stereocenters. The average molecular weight is 343 g/mol. The van der Waals surface area contributed by atoms with E-state index >= 15 is 0 Å². The number of ether oxygens (including phenoxy) is 1. The molecular formula is C16H13N3O2S2. The molecule has 0 spiro atoms. The summed E-state index contributed by atoms with van der Waals surface area (Å²) in [7, 11) is 1.64. The SMILES string of the molecule is COc1ccc(-c2cc3nc4n(c(=O)c3s2)N=C(C)CS4)cc1. The van der Waals surface area contributed by atoms with Crippen LogP contribution in [0.4, 0.5) is 0 Å². The number of thiophene rings is 1. The number of methoxy groups -OCH3 is 1. The third-order valence-electron chi connectivity index (χ3n) is 3.55. The van der Waals surface area contributed by atoms with E-state index in [1.165, 1.54) is 16.0 Å². The molecule has 0 bridgehead atoms. The molecule has 1 aliphatic rings. The van der Waals surface area contributed by atoms with Gasteiger partial charge in [-0.3, -0.25) is 4.79 Å². The number of aromatic nitrogens is 2. The Morgan fingerprint density at radius 1 is 1.26 bits per heavy atom. The molecular weight excluding hydrogens is 330 g/mol. The van der Waals surface area contributed by atoms with E-state index in [4.69, 9.17) is 4.74 Å². The highest BCUT2D eigenvalue weighted by Gasteiger charge is 2.18. The fourth-order valence-corrected chi connectivity index (χ4v) is 4.23. The van der Waals surface area contributed by atoms with Crippen molar-refractivity contribution in [3.8, 4) is 16.2 Å². The van der Waals surface area contributed by atoms with Crippen molar-refractivity contribution in [3.05, 3.63) is 40.7 Å². The lowest BCUT2D eigenvalue weighted by molar-refractivity contribution is 0.415. The van der Waals surface area contributed by atoms with E-state index in [1.54, 1.807) is 18.9 Å². The first-order chi connectivity index (χ1) is 11.2. The van der Waals surface area contributed by atoms with Gasteiger partial charge in [0.1, 0.15) is 10.4 Å². The van der Waals surface area contributed by atoms with Crippen LogP contribution in [-0.2, 0) is 0 Å².